The van der Waals surface area contributed by atoms with Crippen molar-refractivity contribution in [3.05, 3.63) is 69.5 Å². The van der Waals surface area contributed by atoms with E-state index < -0.39 is 45.1 Å². The van der Waals surface area contributed by atoms with Crippen molar-refractivity contribution < 1.29 is 30.9 Å². The molecule has 2 aromatic carbocycles. The van der Waals surface area contributed by atoms with Crippen LogP contribution in [0, 0.1) is 15.9 Å². The van der Waals surface area contributed by atoms with Crippen molar-refractivity contribution in [3.8, 4) is 0 Å². The number of nitro benzene ring substituents is 1. The third kappa shape index (κ3) is 4.64. The summed E-state index contributed by atoms with van der Waals surface area (Å²) in [5.74, 6) is -1.46. The van der Waals surface area contributed by atoms with Crippen LogP contribution < -0.4 is 5.73 Å². The number of likely N-dealkylation sites (N-methyl/N-ethyl adjacent to an activating group) is 1. The van der Waals surface area contributed by atoms with Crippen molar-refractivity contribution in [1.82, 2.24) is 4.31 Å². The van der Waals surface area contributed by atoms with Gasteiger partial charge in [-0.2, -0.15) is 17.5 Å². The van der Waals surface area contributed by atoms with Gasteiger partial charge in [0.05, 0.1) is 15.4 Å². The lowest BCUT2D eigenvalue weighted by molar-refractivity contribution is -0.384. The maximum absolute atomic E-state index is 13.4. The molecule has 2 rings (SSSR count). The normalized spacial score (nSPS) is 13.5. The topological polar surface area (TPSA) is 107 Å². The molecule has 152 valence electrons. The zero-order valence-corrected chi connectivity index (χ0v) is 15.2. The van der Waals surface area contributed by atoms with E-state index in [0.717, 1.165) is 41.7 Å². The summed E-state index contributed by atoms with van der Waals surface area (Å²) in [6.45, 7) is -0.401. The largest absolute Gasteiger partial charge is 0.419 e. The molecule has 0 aliphatic heterocycles. The number of hydrogen-bond acceptors (Lipinski definition) is 5. The predicted octanol–water partition coefficient (Wildman–Crippen LogP) is 3.07. The Morgan fingerprint density at radius 3 is 2.25 bits per heavy atom. The Kier molecular flexibility index (Phi) is 6.06. The van der Waals surface area contributed by atoms with Gasteiger partial charge in [0.1, 0.15) is 5.82 Å². The minimum atomic E-state index is -4.92. The van der Waals surface area contributed by atoms with Crippen molar-refractivity contribution in [2.45, 2.75) is 17.1 Å². The SMILES string of the molecule is CN(CC(N)c1ccc(F)c(C(F)(F)F)c1)S(=O)(=O)c1ccc([N+](=O)[O-])cc1. The summed E-state index contributed by atoms with van der Waals surface area (Å²) in [6, 6.07) is 5.12. The number of sulfonamides is 1. The molecule has 28 heavy (non-hydrogen) atoms. The fraction of sp³-hybridized carbons (Fsp3) is 0.250. The van der Waals surface area contributed by atoms with Crippen LogP contribution in [0.15, 0.2) is 47.4 Å². The average molecular weight is 421 g/mol. The third-order valence-corrected chi connectivity index (χ3v) is 5.77. The van der Waals surface area contributed by atoms with Crippen molar-refractivity contribution in [2.75, 3.05) is 13.6 Å². The van der Waals surface area contributed by atoms with Gasteiger partial charge in [-0.3, -0.25) is 10.1 Å². The Labute approximate surface area is 157 Å². The molecule has 2 N–H and O–H groups in total. The summed E-state index contributed by atoms with van der Waals surface area (Å²) >= 11 is 0. The smallest absolute Gasteiger partial charge is 0.323 e. The second kappa shape index (κ2) is 7.81. The summed E-state index contributed by atoms with van der Waals surface area (Å²) in [7, 11) is -2.94. The van der Waals surface area contributed by atoms with Crippen LogP contribution in [0.25, 0.3) is 0 Å². The van der Waals surface area contributed by atoms with E-state index in [-0.39, 0.29) is 16.1 Å². The van der Waals surface area contributed by atoms with Crippen LogP contribution in [0.5, 0.6) is 0 Å². The maximum atomic E-state index is 13.4. The van der Waals surface area contributed by atoms with Gasteiger partial charge in [0.2, 0.25) is 10.0 Å². The Morgan fingerprint density at radius 2 is 1.75 bits per heavy atom. The minimum absolute atomic E-state index is 0.0977. The van der Waals surface area contributed by atoms with E-state index in [0.29, 0.717) is 12.1 Å². The first-order chi connectivity index (χ1) is 12.8. The maximum Gasteiger partial charge on any atom is 0.419 e. The first kappa shape index (κ1) is 21.7. The molecule has 0 aliphatic rings. The van der Waals surface area contributed by atoms with Crippen molar-refractivity contribution in [1.29, 1.82) is 0 Å². The highest BCUT2D eigenvalue weighted by Gasteiger charge is 2.35. The average Bonchev–Trinajstić information content (AvgIpc) is 2.60. The summed E-state index contributed by atoms with van der Waals surface area (Å²) in [5.41, 5.74) is 3.91. The molecular weight excluding hydrogens is 406 g/mol. The van der Waals surface area contributed by atoms with Gasteiger partial charge in [0.15, 0.2) is 0 Å². The van der Waals surface area contributed by atoms with Crippen molar-refractivity contribution in [2.24, 2.45) is 5.73 Å². The van der Waals surface area contributed by atoms with E-state index in [4.69, 9.17) is 5.73 Å². The molecule has 0 heterocycles. The van der Waals surface area contributed by atoms with Crippen molar-refractivity contribution >= 4 is 15.7 Å². The number of alkyl halides is 3. The molecule has 7 nitrogen and oxygen atoms in total. The minimum Gasteiger partial charge on any atom is -0.323 e. The number of nitrogens with two attached hydrogens (primary N) is 1. The lowest BCUT2D eigenvalue weighted by Crippen LogP contribution is -2.34. The second-order valence-corrected chi connectivity index (χ2v) is 7.92. The monoisotopic (exact) mass is 421 g/mol. The van der Waals surface area contributed by atoms with Crippen molar-refractivity contribution in [3.63, 3.8) is 0 Å². The molecule has 0 fully saturated rings. The van der Waals surface area contributed by atoms with E-state index in [1.165, 1.54) is 0 Å². The molecule has 0 bridgehead atoms. The number of rotatable bonds is 6. The van der Waals surface area contributed by atoms with E-state index in [1.54, 1.807) is 0 Å². The Balaban J connectivity index is 2.23. The summed E-state index contributed by atoms with van der Waals surface area (Å²) < 4.78 is 77.7. The van der Waals surface area contributed by atoms with E-state index in [2.05, 4.69) is 0 Å². The van der Waals surface area contributed by atoms with E-state index in [9.17, 15) is 36.1 Å². The molecule has 1 unspecified atom stereocenters. The fourth-order valence-corrected chi connectivity index (χ4v) is 3.59. The van der Waals surface area contributed by atoms with Crippen LogP contribution in [0.4, 0.5) is 23.2 Å². The quantitative estimate of drug-likeness (QED) is 0.438. The third-order valence-electron chi connectivity index (χ3n) is 3.93. The van der Waals surface area contributed by atoms with Gasteiger partial charge in [-0.05, 0) is 29.8 Å². The van der Waals surface area contributed by atoms with Gasteiger partial charge in [0, 0.05) is 31.8 Å². The Bertz CT molecular complexity index is 978. The van der Waals surface area contributed by atoms with Crippen LogP contribution in [-0.4, -0.2) is 31.2 Å². The first-order valence-corrected chi connectivity index (χ1v) is 9.11. The molecule has 0 aliphatic carbocycles. The number of nitrogens with zero attached hydrogens (tertiary/aromatic N) is 2. The van der Waals surface area contributed by atoms with Gasteiger partial charge in [-0.15, -0.1) is 0 Å². The number of non-ortho nitro benzene ring substituents is 1. The molecule has 0 saturated heterocycles. The molecule has 2 aromatic rings. The van der Waals surface area contributed by atoms with E-state index >= 15 is 0 Å². The standard InChI is InChI=1S/C16H15F4N3O4S/c1-22(28(26,27)12-5-3-11(4-6-12)23(24)25)9-15(21)10-2-7-14(17)13(8-10)16(18,19)20/h2-8,15H,9,21H2,1H3. The zero-order chi connectivity index (χ0) is 21.3. The molecule has 0 radical (unpaired) electrons. The summed E-state index contributed by atoms with van der Waals surface area (Å²) in [6.07, 6.45) is -4.92. The number of hydrogen-bond donors (Lipinski definition) is 1. The van der Waals surface area contributed by atoms with Gasteiger partial charge in [0.25, 0.3) is 5.69 Å². The van der Waals surface area contributed by atoms with Gasteiger partial charge in [-0.1, -0.05) is 6.07 Å². The van der Waals surface area contributed by atoms with Crippen LogP contribution in [0.1, 0.15) is 17.2 Å². The van der Waals surface area contributed by atoms with Crippen LogP contribution in [0.2, 0.25) is 0 Å². The fourth-order valence-electron chi connectivity index (χ4n) is 2.39. The molecule has 1 atom stereocenters. The van der Waals surface area contributed by atoms with Gasteiger partial charge in [-0.25, -0.2) is 12.8 Å². The lowest BCUT2D eigenvalue weighted by Gasteiger charge is -2.22. The molecule has 12 heteroatoms. The van der Waals surface area contributed by atoms with Crippen LogP contribution >= 0.6 is 0 Å². The Morgan fingerprint density at radius 1 is 1.18 bits per heavy atom. The highest BCUT2D eigenvalue weighted by Crippen LogP contribution is 2.33. The highest BCUT2D eigenvalue weighted by atomic mass is 32.2. The zero-order valence-electron chi connectivity index (χ0n) is 14.4. The molecule has 0 saturated carbocycles. The van der Waals surface area contributed by atoms with Crippen LogP contribution in [-0.2, 0) is 16.2 Å². The first-order valence-electron chi connectivity index (χ1n) is 7.67. The van der Waals surface area contributed by atoms with E-state index in [1.807, 2.05) is 0 Å². The predicted molar refractivity (Wildman–Crippen MR) is 91.2 cm³/mol. The summed E-state index contributed by atoms with van der Waals surface area (Å²) in [4.78, 5) is 9.70. The summed E-state index contributed by atoms with van der Waals surface area (Å²) in [5, 5.41) is 10.6. The van der Waals surface area contributed by atoms with Gasteiger partial charge >= 0.3 is 6.18 Å². The molecule has 0 aromatic heterocycles. The molecular formula is C16H15F4N3O4S. The second-order valence-electron chi connectivity index (χ2n) is 5.88. The molecule has 0 spiro atoms. The number of benzene rings is 2. The highest BCUT2D eigenvalue weighted by molar-refractivity contribution is 7.89. The van der Waals surface area contributed by atoms with Crippen LogP contribution in [0.3, 0.4) is 0 Å². The number of nitro groups is 1. The van der Waals surface area contributed by atoms with Gasteiger partial charge < -0.3 is 5.73 Å². The Hall–Kier alpha value is -2.57. The lowest BCUT2D eigenvalue weighted by atomic mass is 10.0. The number of halogens is 4. The molecule has 0 amide bonds.